The van der Waals surface area contributed by atoms with Crippen LogP contribution in [0.15, 0.2) is 0 Å². The number of rotatable bonds is 1. The van der Waals surface area contributed by atoms with E-state index >= 15 is 0 Å². The van der Waals surface area contributed by atoms with Crippen molar-refractivity contribution in [3.8, 4) is 0 Å². The molecule has 2 fully saturated rings. The van der Waals surface area contributed by atoms with Crippen LogP contribution in [-0.2, 0) is 9.53 Å². The van der Waals surface area contributed by atoms with Crippen molar-refractivity contribution < 1.29 is 14.6 Å². The van der Waals surface area contributed by atoms with Gasteiger partial charge in [0.15, 0.2) is 0 Å². The average molecular weight is 227 g/mol. The van der Waals surface area contributed by atoms with Gasteiger partial charge in [0.1, 0.15) is 0 Å². The van der Waals surface area contributed by atoms with Crippen LogP contribution in [0.5, 0.6) is 0 Å². The minimum Gasteiger partial charge on any atom is -0.391 e. The van der Waals surface area contributed by atoms with E-state index in [9.17, 15) is 9.90 Å². The van der Waals surface area contributed by atoms with Crippen LogP contribution in [0.4, 0.5) is 0 Å². The second-order valence-electron chi connectivity index (χ2n) is 5.16. The molecule has 0 aromatic heterocycles. The maximum absolute atomic E-state index is 12.3. The highest BCUT2D eigenvalue weighted by molar-refractivity contribution is 5.80. The third-order valence-electron chi connectivity index (χ3n) is 4.00. The van der Waals surface area contributed by atoms with Crippen molar-refractivity contribution >= 4 is 5.91 Å². The lowest BCUT2D eigenvalue weighted by Crippen LogP contribution is -2.40. The van der Waals surface area contributed by atoms with Crippen molar-refractivity contribution in [1.82, 2.24) is 4.90 Å². The number of carbonyl (C=O) groups excluding carboxylic acids is 1. The van der Waals surface area contributed by atoms with Gasteiger partial charge in [0.2, 0.25) is 5.91 Å². The van der Waals surface area contributed by atoms with Crippen LogP contribution in [0.1, 0.15) is 27.2 Å². The topological polar surface area (TPSA) is 49.8 Å². The van der Waals surface area contributed by atoms with Crippen LogP contribution in [0.3, 0.4) is 0 Å². The molecular weight excluding hydrogens is 206 g/mol. The second-order valence-corrected chi connectivity index (χ2v) is 5.16. The minimum atomic E-state index is -0.339. The number of hydrogen-bond donors (Lipinski definition) is 1. The van der Waals surface area contributed by atoms with E-state index in [-0.39, 0.29) is 36.1 Å². The molecule has 1 N–H and O–H groups in total. The largest absolute Gasteiger partial charge is 0.391 e. The minimum absolute atomic E-state index is 0.00440. The number of likely N-dealkylation sites (tertiary alicyclic amines) is 1. The van der Waals surface area contributed by atoms with Gasteiger partial charge in [0.05, 0.1) is 24.2 Å². The molecular formula is C12H21NO3. The predicted molar refractivity (Wildman–Crippen MR) is 59.9 cm³/mol. The molecule has 0 aromatic carbocycles. The standard InChI is InChI=1S/C12H21NO3/c1-7-8(2)16-9(3)11(7)12(15)13-5-4-10(14)6-13/h7-11,14H,4-6H2,1-3H3/t7?,8?,9?,10-,11?/m1/s1. The van der Waals surface area contributed by atoms with Gasteiger partial charge < -0.3 is 14.7 Å². The first-order valence-electron chi connectivity index (χ1n) is 6.13. The number of aliphatic hydroxyl groups excluding tert-OH is 1. The summed E-state index contributed by atoms with van der Waals surface area (Å²) in [5.41, 5.74) is 0. The van der Waals surface area contributed by atoms with Crippen molar-refractivity contribution in [3.63, 3.8) is 0 Å². The molecule has 2 saturated heterocycles. The molecule has 0 aliphatic carbocycles. The second kappa shape index (κ2) is 4.34. The molecule has 0 bridgehead atoms. The van der Waals surface area contributed by atoms with Crippen molar-refractivity contribution in [2.24, 2.45) is 11.8 Å². The Morgan fingerprint density at radius 3 is 2.44 bits per heavy atom. The fraction of sp³-hybridized carbons (Fsp3) is 0.917. The molecule has 2 aliphatic heterocycles. The summed E-state index contributed by atoms with van der Waals surface area (Å²) >= 11 is 0. The lowest BCUT2D eigenvalue weighted by Gasteiger charge is -2.24. The highest BCUT2D eigenvalue weighted by Gasteiger charge is 2.44. The number of β-amino-alcohol motifs (C(OH)–C–C–N with tert-alkyl or cyclic N) is 1. The van der Waals surface area contributed by atoms with Crippen molar-refractivity contribution in [3.05, 3.63) is 0 Å². The van der Waals surface area contributed by atoms with E-state index in [4.69, 9.17) is 4.74 Å². The van der Waals surface area contributed by atoms with Crippen LogP contribution in [0.25, 0.3) is 0 Å². The van der Waals surface area contributed by atoms with E-state index in [2.05, 4.69) is 6.92 Å². The van der Waals surface area contributed by atoms with Crippen LogP contribution in [-0.4, -0.2) is 47.3 Å². The Labute approximate surface area is 96.6 Å². The highest BCUT2D eigenvalue weighted by atomic mass is 16.5. The van der Waals surface area contributed by atoms with Crippen LogP contribution < -0.4 is 0 Å². The van der Waals surface area contributed by atoms with Gasteiger partial charge in [-0.3, -0.25) is 4.79 Å². The zero-order valence-corrected chi connectivity index (χ0v) is 10.2. The summed E-state index contributed by atoms with van der Waals surface area (Å²) < 4.78 is 5.68. The van der Waals surface area contributed by atoms with Crippen LogP contribution in [0.2, 0.25) is 0 Å². The van der Waals surface area contributed by atoms with E-state index < -0.39 is 0 Å². The number of ether oxygens (including phenoxy) is 1. The Balaban J connectivity index is 2.04. The molecule has 0 radical (unpaired) electrons. The Bertz CT molecular complexity index is 281. The summed E-state index contributed by atoms with van der Waals surface area (Å²) in [5.74, 6) is 0.376. The molecule has 2 aliphatic rings. The predicted octanol–water partition coefficient (Wildman–Crippen LogP) is 0.639. The zero-order chi connectivity index (χ0) is 11.9. The van der Waals surface area contributed by atoms with Gasteiger partial charge in [-0.15, -0.1) is 0 Å². The Hall–Kier alpha value is -0.610. The SMILES string of the molecule is CC1OC(C)C(C(=O)N2CC[C@@H](O)C2)C1C. The normalized spacial score (nSPS) is 44.0. The fourth-order valence-electron chi connectivity index (χ4n) is 2.85. The number of amides is 1. The molecule has 2 heterocycles. The first kappa shape index (κ1) is 11.9. The summed E-state index contributed by atoms with van der Waals surface area (Å²) in [6, 6.07) is 0. The summed E-state index contributed by atoms with van der Waals surface area (Å²) in [6.07, 6.45) is 0.512. The molecule has 92 valence electrons. The molecule has 4 nitrogen and oxygen atoms in total. The van der Waals surface area contributed by atoms with E-state index in [0.29, 0.717) is 19.5 Å². The lowest BCUT2D eigenvalue weighted by atomic mass is 9.88. The molecule has 0 spiro atoms. The van der Waals surface area contributed by atoms with E-state index in [1.54, 1.807) is 4.90 Å². The number of carbonyl (C=O) groups is 1. The monoisotopic (exact) mass is 227 g/mol. The van der Waals surface area contributed by atoms with Crippen molar-refractivity contribution in [2.45, 2.75) is 45.5 Å². The zero-order valence-electron chi connectivity index (χ0n) is 10.2. The van der Waals surface area contributed by atoms with Gasteiger partial charge >= 0.3 is 0 Å². The quantitative estimate of drug-likeness (QED) is 0.715. The number of aliphatic hydroxyl groups is 1. The molecule has 5 atom stereocenters. The van der Waals surface area contributed by atoms with Crippen LogP contribution >= 0.6 is 0 Å². The third kappa shape index (κ3) is 1.96. The fourth-order valence-corrected chi connectivity index (χ4v) is 2.85. The Kier molecular flexibility index (Phi) is 3.22. The smallest absolute Gasteiger partial charge is 0.228 e. The van der Waals surface area contributed by atoms with Gasteiger partial charge in [-0.1, -0.05) is 6.92 Å². The van der Waals surface area contributed by atoms with Crippen LogP contribution in [0, 0.1) is 11.8 Å². The van der Waals surface area contributed by atoms with E-state index in [1.807, 2.05) is 13.8 Å². The van der Waals surface area contributed by atoms with Crippen molar-refractivity contribution in [1.29, 1.82) is 0 Å². The summed E-state index contributed by atoms with van der Waals surface area (Å²) in [5, 5.41) is 9.45. The van der Waals surface area contributed by atoms with Gasteiger partial charge in [-0.25, -0.2) is 0 Å². The maximum Gasteiger partial charge on any atom is 0.228 e. The number of hydrogen-bond acceptors (Lipinski definition) is 3. The third-order valence-corrected chi connectivity index (χ3v) is 4.00. The molecule has 0 saturated carbocycles. The summed E-state index contributed by atoms with van der Waals surface area (Å²) in [7, 11) is 0. The van der Waals surface area contributed by atoms with Gasteiger partial charge in [-0.2, -0.15) is 0 Å². The summed E-state index contributed by atoms with van der Waals surface area (Å²) in [6.45, 7) is 7.24. The van der Waals surface area contributed by atoms with Gasteiger partial charge in [0, 0.05) is 13.1 Å². The molecule has 0 aromatic rings. The van der Waals surface area contributed by atoms with E-state index in [1.165, 1.54) is 0 Å². The maximum atomic E-state index is 12.3. The molecule has 4 heteroatoms. The molecule has 16 heavy (non-hydrogen) atoms. The van der Waals surface area contributed by atoms with E-state index in [0.717, 1.165) is 0 Å². The summed E-state index contributed by atoms with van der Waals surface area (Å²) in [4.78, 5) is 14.1. The number of nitrogens with zero attached hydrogens (tertiary/aromatic N) is 1. The van der Waals surface area contributed by atoms with Gasteiger partial charge in [-0.05, 0) is 26.2 Å². The lowest BCUT2D eigenvalue weighted by molar-refractivity contribution is -0.137. The highest BCUT2D eigenvalue weighted by Crippen LogP contribution is 2.34. The molecule has 1 amide bonds. The first-order valence-corrected chi connectivity index (χ1v) is 6.13. The van der Waals surface area contributed by atoms with Crippen molar-refractivity contribution in [2.75, 3.05) is 13.1 Å². The Morgan fingerprint density at radius 1 is 1.31 bits per heavy atom. The Morgan fingerprint density at radius 2 is 2.00 bits per heavy atom. The first-order chi connectivity index (χ1) is 7.50. The average Bonchev–Trinajstić information content (AvgIpc) is 2.73. The van der Waals surface area contributed by atoms with Gasteiger partial charge in [0.25, 0.3) is 0 Å². The molecule has 4 unspecified atom stereocenters. The molecule has 2 rings (SSSR count).